The maximum Gasteiger partial charge on any atom is 0.338 e. The van der Waals surface area contributed by atoms with E-state index >= 15 is 0 Å². The van der Waals surface area contributed by atoms with Crippen LogP contribution in [0.5, 0.6) is 0 Å². The second-order valence-corrected chi connectivity index (χ2v) is 3.62. The minimum absolute atomic E-state index is 0.263. The van der Waals surface area contributed by atoms with Crippen molar-refractivity contribution in [2.45, 2.75) is 13.8 Å². The normalized spacial score (nSPS) is 9.87. The minimum atomic E-state index is -0.263. The summed E-state index contributed by atoms with van der Waals surface area (Å²) < 4.78 is 4.95. The Bertz CT molecular complexity index is 359. The van der Waals surface area contributed by atoms with Gasteiger partial charge in [-0.25, -0.2) is 4.79 Å². The topological polar surface area (TPSA) is 29.5 Å². The number of rotatable bonds is 3. The lowest BCUT2D eigenvalue weighted by molar-refractivity contribution is 0.0526. The monoisotopic (exact) mass is 207 g/mol. The van der Waals surface area contributed by atoms with Crippen molar-refractivity contribution in [3.63, 3.8) is 0 Å². The lowest BCUT2D eigenvalue weighted by atomic mass is 10.1. The van der Waals surface area contributed by atoms with Gasteiger partial charge in [0, 0.05) is 19.8 Å². The number of hydrogen-bond donors (Lipinski definition) is 0. The van der Waals surface area contributed by atoms with Gasteiger partial charge in [0.15, 0.2) is 0 Å². The highest BCUT2D eigenvalue weighted by Crippen LogP contribution is 2.19. The van der Waals surface area contributed by atoms with Gasteiger partial charge in [0.25, 0.3) is 0 Å². The molecule has 0 bridgehead atoms. The average molecular weight is 207 g/mol. The van der Waals surface area contributed by atoms with E-state index in [2.05, 4.69) is 0 Å². The SMILES string of the molecule is CCOC(=O)c1ccc(C)c(N(C)C)c1. The molecule has 0 aliphatic heterocycles. The number of aryl methyl sites for hydroxylation is 1. The number of carbonyl (C=O) groups excluding carboxylic acids is 1. The molecule has 0 saturated carbocycles. The predicted molar refractivity (Wildman–Crippen MR) is 61.5 cm³/mol. The van der Waals surface area contributed by atoms with Gasteiger partial charge in [-0.1, -0.05) is 6.07 Å². The zero-order valence-electron chi connectivity index (χ0n) is 9.70. The number of nitrogens with zero attached hydrogens (tertiary/aromatic N) is 1. The molecule has 0 fully saturated rings. The van der Waals surface area contributed by atoms with Crippen molar-refractivity contribution in [2.24, 2.45) is 0 Å². The minimum Gasteiger partial charge on any atom is -0.462 e. The van der Waals surface area contributed by atoms with Crippen LogP contribution in [-0.2, 0) is 4.74 Å². The number of esters is 1. The summed E-state index contributed by atoms with van der Waals surface area (Å²) >= 11 is 0. The molecule has 0 saturated heterocycles. The van der Waals surface area contributed by atoms with Gasteiger partial charge in [0.2, 0.25) is 0 Å². The van der Waals surface area contributed by atoms with E-state index in [-0.39, 0.29) is 5.97 Å². The van der Waals surface area contributed by atoms with Crippen molar-refractivity contribution in [3.8, 4) is 0 Å². The van der Waals surface area contributed by atoms with Crippen LogP contribution in [0.3, 0.4) is 0 Å². The van der Waals surface area contributed by atoms with Crippen molar-refractivity contribution in [1.82, 2.24) is 0 Å². The molecule has 0 unspecified atom stereocenters. The molecule has 0 N–H and O–H groups in total. The smallest absolute Gasteiger partial charge is 0.338 e. The first-order chi connectivity index (χ1) is 7.06. The van der Waals surface area contributed by atoms with Gasteiger partial charge in [-0.05, 0) is 31.5 Å². The Morgan fingerprint density at radius 2 is 2.07 bits per heavy atom. The Hall–Kier alpha value is -1.51. The maximum atomic E-state index is 11.5. The molecule has 0 aromatic heterocycles. The average Bonchev–Trinajstić information content (AvgIpc) is 2.18. The first-order valence-electron chi connectivity index (χ1n) is 5.01. The molecule has 0 amide bonds. The summed E-state index contributed by atoms with van der Waals surface area (Å²) in [5, 5.41) is 0. The van der Waals surface area contributed by atoms with Gasteiger partial charge in [-0.2, -0.15) is 0 Å². The zero-order chi connectivity index (χ0) is 11.4. The third-order valence-electron chi connectivity index (χ3n) is 2.20. The maximum absolute atomic E-state index is 11.5. The van der Waals surface area contributed by atoms with Gasteiger partial charge in [-0.3, -0.25) is 0 Å². The molecule has 1 aromatic rings. The van der Waals surface area contributed by atoms with E-state index in [9.17, 15) is 4.79 Å². The lowest BCUT2D eigenvalue weighted by Crippen LogP contribution is -2.12. The van der Waals surface area contributed by atoms with E-state index in [1.807, 2.05) is 38.1 Å². The van der Waals surface area contributed by atoms with Crippen LogP contribution in [0, 0.1) is 6.92 Å². The molecule has 0 heterocycles. The van der Waals surface area contributed by atoms with Gasteiger partial charge in [0.1, 0.15) is 0 Å². The molecule has 0 aliphatic rings. The quantitative estimate of drug-likeness (QED) is 0.712. The highest BCUT2D eigenvalue weighted by Gasteiger charge is 2.09. The summed E-state index contributed by atoms with van der Waals surface area (Å²) in [6, 6.07) is 5.58. The predicted octanol–water partition coefficient (Wildman–Crippen LogP) is 2.24. The Morgan fingerprint density at radius 1 is 1.40 bits per heavy atom. The highest BCUT2D eigenvalue weighted by atomic mass is 16.5. The summed E-state index contributed by atoms with van der Waals surface area (Å²) in [4.78, 5) is 13.5. The van der Waals surface area contributed by atoms with Crippen LogP contribution in [0.2, 0.25) is 0 Å². The summed E-state index contributed by atoms with van der Waals surface area (Å²) in [5.74, 6) is -0.263. The molecule has 0 aliphatic carbocycles. The molecule has 3 nitrogen and oxygen atoms in total. The Kier molecular flexibility index (Phi) is 3.72. The zero-order valence-corrected chi connectivity index (χ0v) is 9.70. The molecule has 0 atom stereocenters. The molecule has 3 heteroatoms. The summed E-state index contributed by atoms with van der Waals surface area (Å²) in [5.41, 5.74) is 2.79. The van der Waals surface area contributed by atoms with E-state index in [0.717, 1.165) is 11.3 Å². The fourth-order valence-corrected chi connectivity index (χ4v) is 1.43. The molecular weight excluding hydrogens is 190 g/mol. The van der Waals surface area contributed by atoms with Crippen LogP contribution in [0.15, 0.2) is 18.2 Å². The molecule has 15 heavy (non-hydrogen) atoms. The van der Waals surface area contributed by atoms with Crippen LogP contribution in [-0.4, -0.2) is 26.7 Å². The molecule has 82 valence electrons. The van der Waals surface area contributed by atoms with E-state index in [0.29, 0.717) is 12.2 Å². The number of anilines is 1. The second-order valence-electron chi connectivity index (χ2n) is 3.62. The van der Waals surface area contributed by atoms with Crippen LogP contribution < -0.4 is 4.90 Å². The Labute approximate surface area is 90.7 Å². The van der Waals surface area contributed by atoms with Gasteiger partial charge in [0.05, 0.1) is 12.2 Å². The fraction of sp³-hybridized carbons (Fsp3) is 0.417. The largest absolute Gasteiger partial charge is 0.462 e. The number of hydrogen-bond acceptors (Lipinski definition) is 3. The third kappa shape index (κ3) is 2.72. The van der Waals surface area contributed by atoms with E-state index < -0.39 is 0 Å². The Balaban J connectivity index is 3.02. The van der Waals surface area contributed by atoms with Crippen molar-refractivity contribution in [1.29, 1.82) is 0 Å². The third-order valence-corrected chi connectivity index (χ3v) is 2.20. The van der Waals surface area contributed by atoms with Crippen LogP contribution >= 0.6 is 0 Å². The van der Waals surface area contributed by atoms with Crippen molar-refractivity contribution in [2.75, 3.05) is 25.6 Å². The van der Waals surface area contributed by atoms with Crippen LogP contribution in [0.1, 0.15) is 22.8 Å². The number of ether oxygens (including phenoxy) is 1. The number of carbonyl (C=O) groups is 1. The van der Waals surface area contributed by atoms with Crippen molar-refractivity contribution in [3.05, 3.63) is 29.3 Å². The standard InChI is InChI=1S/C12H17NO2/c1-5-15-12(14)10-7-6-9(2)11(8-10)13(3)4/h6-8H,5H2,1-4H3. The van der Waals surface area contributed by atoms with E-state index in [4.69, 9.17) is 4.74 Å². The molecule has 0 radical (unpaired) electrons. The van der Waals surface area contributed by atoms with Gasteiger partial charge in [-0.15, -0.1) is 0 Å². The van der Waals surface area contributed by atoms with Crippen LogP contribution in [0.4, 0.5) is 5.69 Å². The van der Waals surface area contributed by atoms with Crippen LogP contribution in [0.25, 0.3) is 0 Å². The van der Waals surface area contributed by atoms with Gasteiger partial charge >= 0.3 is 5.97 Å². The molecule has 1 rings (SSSR count). The molecular formula is C12H17NO2. The summed E-state index contributed by atoms with van der Waals surface area (Å²) in [6.07, 6.45) is 0. The van der Waals surface area contributed by atoms with Gasteiger partial charge < -0.3 is 9.64 Å². The van der Waals surface area contributed by atoms with Crippen molar-refractivity contribution >= 4 is 11.7 Å². The fourth-order valence-electron chi connectivity index (χ4n) is 1.43. The first-order valence-corrected chi connectivity index (χ1v) is 5.01. The highest BCUT2D eigenvalue weighted by molar-refractivity contribution is 5.90. The first kappa shape index (κ1) is 11.6. The number of benzene rings is 1. The Morgan fingerprint density at radius 3 is 2.60 bits per heavy atom. The molecule has 0 spiro atoms. The van der Waals surface area contributed by atoms with E-state index in [1.54, 1.807) is 13.0 Å². The summed E-state index contributed by atoms with van der Waals surface area (Å²) in [6.45, 7) is 4.23. The lowest BCUT2D eigenvalue weighted by Gasteiger charge is -2.16. The van der Waals surface area contributed by atoms with E-state index in [1.165, 1.54) is 0 Å². The molecule has 1 aromatic carbocycles. The second kappa shape index (κ2) is 4.82. The van der Waals surface area contributed by atoms with Crippen molar-refractivity contribution < 1.29 is 9.53 Å². The summed E-state index contributed by atoms with van der Waals surface area (Å²) in [7, 11) is 3.91.